The molecule has 0 fully saturated rings. The Morgan fingerprint density at radius 2 is 1.73 bits per heavy atom. The number of hydrogen-bond donors (Lipinski definition) is 2. The van der Waals surface area contributed by atoms with E-state index in [1.165, 1.54) is 27.4 Å². The first-order valence-electron chi connectivity index (χ1n) is 7.76. The number of carbonyl (C=O) groups excluding carboxylic acids is 3. The Balaban J connectivity index is 3.23. The molecule has 2 N–H and O–H groups in total. The van der Waals surface area contributed by atoms with Crippen LogP contribution in [0.3, 0.4) is 0 Å². The number of rotatable bonds is 5. The molecule has 26 heavy (non-hydrogen) atoms. The number of amides is 3. The van der Waals surface area contributed by atoms with Crippen molar-refractivity contribution in [3.8, 4) is 5.75 Å². The molecule has 1 aromatic carbocycles. The quantitative estimate of drug-likeness (QED) is 0.473. The Morgan fingerprint density at radius 3 is 2.23 bits per heavy atom. The van der Waals surface area contributed by atoms with Gasteiger partial charge in [0.15, 0.2) is 0 Å². The highest BCUT2D eigenvalue weighted by molar-refractivity contribution is 6.05. The highest BCUT2D eigenvalue weighted by Gasteiger charge is 2.26. The van der Waals surface area contributed by atoms with E-state index in [2.05, 4.69) is 15.4 Å². The molecule has 0 saturated heterocycles. The van der Waals surface area contributed by atoms with Crippen molar-refractivity contribution in [3.63, 3.8) is 0 Å². The molecule has 0 heterocycles. The zero-order chi connectivity index (χ0) is 19.9. The van der Waals surface area contributed by atoms with Gasteiger partial charge in [0.05, 0.1) is 27.6 Å². The van der Waals surface area contributed by atoms with Crippen LogP contribution in [0.1, 0.15) is 36.7 Å². The van der Waals surface area contributed by atoms with Crippen molar-refractivity contribution in [1.29, 1.82) is 0 Å². The van der Waals surface area contributed by atoms with Gasteiger partial charge in [-0.05, 0) is 17.5 Å². The summed E-state index contributed by atoms with van der Waals surface area (Å²) in [5, 5.41) is 4.63. The maximum absolute atomic E-state index is 12.1. The molecule has 3 amide bonds. The first-order valence-corrected chi connectivity index (χ1v) is 7.76. The van der Waals surface area contributed by atoms with Crippen LogP contribution in [0.25, 0.3) is 0 Å². The van der Waals surface area contributed by atoms with Crippen LogP contribution in [0.5, 0.6) is 5.75 Å². The Hall–Kier alpha value is -3.03. The SMILES string of the molecule is CO/C=C/C(=O)NC(=O)Nc1cc(C(=O)OC)c(OC)c(C(C)(C)C)c1. The smallest absolute Gasteiger partial charge is 0.341 e. The second-order valence-corrected chi connectivity index (χ2v) is 6.33. The van der Waals surface area contributed by atoms with E-state index in [0.29, 0.717) is 17.0 Å². The third kappa shape index (κ3) is 5.51. The monoisotopic (exact) mass is 364 g/mol. The summed E-state index contributed by atoms with van der Waals surface area (Å²) in [6, 6.07) is 2.35. The molecule has 0 atom stereocenters. The topological polar surface area (TPSA) is 103 Å². The molecule has 1 aromatic rings. The summed E-state index contributed by atoms with van der Waals surface area (Å²) >= 11 is 0. The van der Waals surface area contributed by atoms with Gasteiger partial charge in [0.25, 0.3) is 5.91 Å². The second kappa shape index (κ2) is 8.89. The van der Waals surface area contributed by atoms with E-state index in [1.54, 1.807) is 6.07 Å². The molecule has 0 unspecified atom stereocenters. The molecule has 8 heteroatoms. The van der Waals surface area contributed by atoms with Crippen LogP contribution in [-0.2, 0) is 19.7 Å². The van der Waals surface area contributed by atoms with Crippen molar-refractivity contribution in [3.05, 3.63) is 35.6 Å². The molecule has 142 valence electrons. The van der Waals surface area contributed by atoms with E-state index < -0.39 is 17.9 Å². The minimum Gasteiger partial charge on any atom is -0.504 e. The number of methoxy groups -OCH3 is 3. The maximum Gasteiger partial charge on any atom is 0.341 e. The normalized spacial score (nSPS) is 11.0. The van der Waals surface area contributed by atoms with E-state index in [1.807, 2.05) is 20.8 Å². The van der Waals surface area contributed by atoms with Crippen molar-refractivity contribution in [2.45, 2.75) is 26.2 Å². The number of ether oxygens (including phenoxy) is 3. The van der Waals surface area contributed by atoms with Crippen LogP contribution in [0.2, 0.25) is 0 Å². The number of esters is 1. The number of hydrogen-bond acceptors (Lipinski definition) is 6. The lowest BCUT2D eigenvalue weighted by Gasteiger charge is -2.24. The summed E-state index contributed by atoms with van der Waals surface area (Å²) in [6.45, 7) is 5.82. The van der Waals surface area contributed by atoms with Crippen LogP contribution >= 0.6 is 0 Å². The first-order chi connectivity index (χ1) is 12.1. The summed E-state index contributed by atoms with van der Waals surface area (Å²) in [4.78, 5) is 35.6. The molecular formula is C18H24N2O6. The lowest BCUT2D eigenvalue weighted by molar-refractivity contribution is -0.115. The van der Waals surface area contributed by atoms with Gasteiger partial charge in [0.2, 0.25) is 0 Å². The fraction of sp³-hybridized carbons (Fsp3) is 0.389. The molecule has 0 radical (unpaired) electrons. The van der Waals surface area contributed by atoms with Crippen molar-refractivity contribution in [2.75, 3.05) is 26.6 Å². The number of carbonyl (C=O) groups is 3. The van der Waals surface area contributed by atoms with E-state index in [0.717, 1.165) is 12.3 Å². The molecule has 0 aromatic heterocycles. The number of anilines is 1. The van der Waals surface area contributed by atoms with Gasteiger partial charge in [-0.25, -0.2) is 9.59 Å². The molecular weight excluding hydrogens is 340 g/mol. The largest absolute Gasteiger partial charge is 0.504 e. The van der Waals surface area contributed by atoms with Gasteiger partial charge in [-0.3, -0.25) is 10.1 Å². The van der Waals surface area contributed by atoms with Crippen LogP contribution < -0.4 is 15.4 Å². The van der Waals surface area contributed by atoms with Gasteiger partial charge >= 0.3 is 12.0 Å². The Labute approximate surface area is 152 Å². The van der Waals surface area contributed by atoms with Crippen molar-refractivity contribution in [1.82, 2.24) is 5.32 Å². The first kappa shape index (κ1) is 21.0. The van der Waals surface area contributed by atoms with Gasteiger partial charge in [-0.2, -0.15) is 0 Å². The second-order valence-electron chi connectivity index (χ2n) is 6.33. The predicted octanol–water partition coefficient (Wildman–Crippen LogP) is 2.59. The number of nitrogens with one attached hydrogen (secondary N) is 2. The minimum atomic E-state index is -0.753. The Bertz CT molecular complexity index is 719. The number of benzene rings is 1. The number of urea groups is 1. The van der Waals surface area contributed by atoms with Crippen LogP contribution in [0, 0.1) is 0 Å². The maximum atomic E-state index is 12.1. The number of imide groups is 1. The van der Waals surface area contributed by atoms with Crippen LogP contribution in [0.15, 0.2) is 24.5 Å². The summed E-state index contributed by atoms with van der Waals surface area (Å²) in [7, 11) is 4.09. The summed E-state index contributed by atoms with van der Waals surface area (Å²) in [5.41, 5.74) is 0.809. The van der Waals surface area contributed by atoms with Crippen molar-refractivity contribution < 1.29 is 28.6 Å². The average molecular weight is 364 g/mol. The fourth-order valence-corrected chi connectivity index (χ4v) is 2.19. The lowest BCUT2D eigenvalue weighted by atomic mass is 9.84. The zero-order valence-corrected chi connectivity index (χ0v) is 15.8. The minimum absolute atomic E-state index is 0.170. The van der Waals surface area contributed by atoms with Crippen molar-refractivity contribution in [2.24, 2.45) is 0 Å². The van der Waals surface area contributed by atoms with Gasteiger partial charge in [0, 0.05) is 17.3 Å². The lowest BCUT2D eigenvalue weighted by Crippen LogP contribution is -2.33. The molecule has 1 rings (SSSR count). The highest BCUT2D eigenvalue weighted by Crippen LogP contribution is 2.37. The average Bonchev–Trinajstić information content (AvgIpc) is 2.57. The molecule has 0 saturated carbocycles. The van der Waals surface area contributed by atoms with Crippen LogP contribution in [0.4, 0.5) is 10.5 Å². The fourth-order valence-electron chi connectivity index (χ4n) is 2.19. The summed E-state index contributed by atoms with van der Waals surface area (Å²) in [5.74, 6) is -0.882. The highest BCUT2D eigenvalue weighted by atomic mass is 16.5. The van der Waals surface area contributed by atoms with Gasteiger partial charge < -0.3 is 19.5 Å². The Kier molecular flexibility index (Phi) is 7.18. The zero-order valence-electron chi connectivity index (χ0n) is 15.8. The predicted molar refractivity (Wildman–Crippen MR) is 96.3 cm³/mol. The molecule has 8 nitrogen and oxygen atoms in total. The van der Waals surface area contributed by atoms with E-state index in [-0.39, 0.29) is 11.0 Å². The van der Waals surface area contributed by atoms with E-state index in [9.17, 15) is 14.4 Å². The van der Waals surface area contributed by atoms with Gasteiger partial charge in [0.1, 0.15) is 11.3 Å². The molecule has 0 bridgehead atoms. The molecule has 0 aliphatic carbocycles. The van der Waals surface area contributed by atoms with Crippen LogP contribution in [-0.4, -0.2) is 39.2 Å². The third-order valence-electron chi connectivity index (χ3n) is 3.36. The Morgan fingerprint density at radius 1 is 1.08 bits per heavy atom. The molecule has 0 aliphatic rings. The molecule has 0 spiro atoms. The van der Waals surface area contributed by atoms with Gasteiger partial charge in [-0.15, -0.1) is 0 Å². The summed E-state index contributed by atoms with van der Waals surface area (Å²) in [6.07, 6.45) is 2.21. The van der Waals surface area contributed by atoms with E-state index >= 15 is 0 Å². The summed E-state index contributed by atoms with van der Waals surface area (Å²) < 4.78 is 14.8. The van der Waals surface area contributed by atoms with Gasteiger partial charge in [-0.1, -0.05) is 20.8 Å². The molecule has 0 aliphatic heterocycles. The van der Waals surface area contributed by atoms with E-state index in [4.69, 9.17) is 9.47 Å². The third-order valence-corrected chi connectivity index (χ3v) is 3.36. The standard InChI is InChI=1S/C18H24N2O6/c1-18(2,3)13-10-11(9-12(15(13)25-5)16(22)26-6)19-17(23)20-14(21)7-8-24-4/h7-10H,1-6H3,(H2,19,20,21,23)/b8-7+. The van der Waals surface area contributed by atoms with Crippen molar-refractivity contribution >= 4 is 23.6 Å².